The van der Waals surface area contributed by atoms with Crippen molar-refractivity contribution in [1.29, 1.82) is 0 Å². The van der Waals surface area contributed by atoms with Gasteiger partial charge in [0.1, 0.15) is 5.39 Å². The maximum absolute atomic E-state index is 12.0. The number of rotatable bonds is 4. The van der Waals surface area contributed by atoms with Gasteiger partial charge < -0.3 is 4.98 Å². The number of Topliss-reactive ketones (excluding diaryl/α,β-unsaturated/α-hetero) is 1. The molecule has 0 aliphatic carbocycles. The van der Waals surface area contributed by atoms with Crippen molar-refractivity contribution in [2.45, 2.75) is 5.16 Å². The Bertz CT molecular complexity index is 854. The number of H-pyrrole nitrogens is 1. The normalized spacial score (nSPS) is 10.9. The van der Waals surface area contributed by atoms with E-state index < -0.39 is 0 Å². The molecule has 0 bridgehead atoms. The van der Waals surface area contributed by atoms with E-state index in [0.29, 0.717) is 21.8 Å². The number of thioether (sulfide) groups is 1. The molecule has 1 N–H and O–H groups in total. The van der Waals surface area contributed by atoms with Gasteiger partial charge in [0, 0.05) is 12.6 Å². The standard InChI is InChI=1S/C14H12N4O2S/c1-18-12-10(7-15-18)13(20)17-14(16-12)21-8-11(19)9-5-3-2-4-6-9/h2-7H,8H2,1H3,(H,16,17,20). The third-order valence-corrected chi connectivity index (χ3v) is 3.89. The minimum absolute atomic E-state index is 0.00616. The number of carbonyl (C=O) groups is 1. The summed E-state index contributed by atoms with van der Waals surface area (Å²) in [5.74, 6) is 0.212. The maximum atomic E-state index is 12.0. The van der Waals surface area contributed by atoms with E-state index >= 15 is 0 Å². The molecule has 2 heterocycles. The quantitative estimate of drug-likeness (QED) is 0.450. The zero-order valence-electron chi connectivity index (χ0n) is 11.2. The molecule has 0 spiro atoms. The fraction of sp³-hybridized carbons (Fsp3) is 0.143. The predicted molar refractivity (Wildman–Crippen MR) is 80.6 cm³/mol. The molecule has 0 saturated carbocycles. The average Bonchev–Trinajstić information content (AvgIpc) is 2.88. The minimum Gasteiger partial charge on any atom is -0.301 e. The molecular weight excluding hydrogens is 288 g/mol. The number of hydrogen-bond acceptors (Lipinski definition) is 5. The van der Waals surface area contributed by atoms with Gasteiger partial charge in [-0.15, -0.1) is 0 Å². The van der Waals surface area contributed by atoms with E-state index in [1.807, 2.05) is 18.2 Å². The number of hydrogen-bond donors (Lipinski definition) is 1. The molecule has 0 amide bonds. The molecule has 0 unspecified atom stereocenters. The molecule has 2 aromatic heterocycles. The van der Waals surface area contributed by atoms with Crippen LogP contribution >= 0.6 is 11.8 Å². The molecule has 3 aromatic rings. The van der Waals surface area contributed by atoms with Gasteiger partial charge in [0.15, 0.2) is 16.6 Å². The number of fused-ring (bicyclic) bond motifs is 1. The van der Waals surface area contributed by atoms with Crippen molar-refractivity contribution in [3.05, 3.63) is 52.4 Å². The van der Waals surface area contributed by atoms with E-state index in [1.54, 1.807) is 19.2 Å². The molecule has 0 aliphatic rings. The van der Waals surface area contributed by atoms with E-state index in [1.165, 1.54) is 22.6 Å². The molecule has 0 fully saturated rings. The van der Waals surface area contributed by atoms with Crippen LogP contribution in [0.2, 0.25) is 0 Å². The van der Waals surface area contributed by atoms with Gasteiger partial charge in [-0.05, 0) is 0 Å². The van der Waals surface area contributed by atoms with Gasteiger partial charge in [-0.2, -0.15) is 5.10 Å². The SMILES string of the molecule is Cn1ncc2c(=O)[nH]c(SCC(=O)c3ccccc3)nc21. The van der Waals surface area contributed by atoms with Crippen LogP contribution in [0.15, 0.2) is 46.5 Å². The van der Waals surface area contributed by atoms with Gasteiger partial charge in [-0.1, -0.05) is 42.1 Å². The van der Waals surface area contributed by atoms with Crippen LogP contribution in [-0.4, -0.2) is 31.3 Å². The van der Waals surface area contributed by atoms with Gasteiger partial charge in [0.25, 0.3) is 5.56 Å². The van der Waals surface area contributed by atoms with Gasteiger partial charge in [-0.25, -0.2) is 4.98 Å². The second-order valence-electron chi connectivity index (χ2n) is 4.45. The summed E-state index contributed by atoms with van der Waals surface area (Å²) in [4.78, 5) is 30.9. The van der Waals surface area contributed by atoms with Crippen LogP contribution in [0.3, 0.4) is 0 Å². The first-order chi connectivity index (χ1) is 10.1. The average molecular weight is 300 g/mol. The number of aromatic nitrogens is 4. The summed E-state index contributed by atoms with van der Waals surface area (Å²) in [6.45, 7) is 0. The minimum atomic E-state index is -0.247. The van der Waals surface area contributed by atoms with Gasteiger partial charge in [0.2, 0.25) is 0 Å². The number of nitrogens with zero attached hydrogens (tertiary/aromatic N) is 3. The number of nitrogens with one attached hydrogen (secondary N) is 1. The van der Waals surface area contributed by atoms with E-state index in [-0.39, 0.29) is 17.1 Å². The molecule has 21 heavy (non-hydrogen) atoms. The molecule has 106 valence electrons. The summed E-state index contributed by atoms with van der Waals surface area (Å²) in [6, 6.07) is 9.03. The van der Waals surface area contributed by atoms with Gasteiger partial charge in [-0.3, -0.25) is 14.3 Å². The Morgan fingerprint density at radius 2 is 2.10 bits per heavy atom. The highest BCUT2D eigenvalue weighted by molar-refractivity contribution is 7.99. The predicted octanol–water partition coefficient (Wildman–Crippen LogP) is 1.63. The largest absolute Gasteiger partial charge is 0.301 e. The Hall–Kier alpha value is -2.41. The highest BCUT2D eigenvalue weighted by Gasteiger charge is 2.11. The van der Waals surface area contributed by atoms with Crippen LogP contribution in [0.4, 0.5) is 0 Å². The van der Waals surface area contributed by atoms with E-state index in [4.69, 9.17) is 0 Å². The first kappa shape index (κ1) is 13.6. The Balaban J connectivity index is 1.81. The summed E-state index contributed by atoms with van der Waals surface area (Å²) < 4.78 is 1.54. The molecule has 0 aliphatic heterocycles. The second kappa shape index (κ2) is 5.53. The van der Waals surface area contributed by atoms with Crippen LogP contribution in [0.1, 0.15) is 10.4 Å². The summed E-state index contributed by atoms with van der Waals surface area (Å²) in [5, 5.41) is 4.86. The molecule has 0 atom stereocenters. The smallest absolute Gasteiger partial charge is 0.262 e. The lowest BCUT2D eigenvalue weighted by Crippen LogP contribution is -2.10. The Morgan fingerprint density at radius 1 is 1.33 bits per heavy atom. The Kier molecular flexibility index (Phi) is 3.57. The summed E-state index contributed by atoms with van der Waals surface area (Å²) in [5.41, 5.74) is 0.908. The molecular formula is C14H12N4O2S. The van der Waals surface area contributed by atoms with Crippen molar-refractivity contribution in [3.8, 4) is 0 Å². The summed E-state index contributed by atoms with van der Waals surface area (Å²) in [7, 11) is 1.72. The number of ketones is 1. The first-order valence-electron chi connectivity index (χ1n) is 6.28. The van der Waals surface area contributed by atoms with Gasteiger partial charge >= 0.3 is 0 Å². The van der Waals surface area contributed by atoms with E-state index in [2.05, 4.69) is 15.1 Å². The van der Waals surface area contributed by atoms with Crippen LogP contribution in [0, 0.1) is 0 Å². The third kappa shape index (κ3) is 2.73. The van der Waals surface area contributed by atoms with Crippen molar-refractivity contribution in [2.75, 3.05) is 5.75 Å². The third-order valence-electron chi connectivity index (χ3n) is 3.02. The lowest BCUT2D eigenvalue weighted by molar-refractivity contribution is 0.102. The van der Waals surface area contributed by atoms with E-state index in [9.17, 15) is 9.59 Å². The second-order valence-corrected chi connectivity index (χ2v) is 5.42. The number of aryl methyl sites for hydroxylation is 1. The van der Waals surface area contributed by atoms with Crippen molar-refractivity contribution >= 4 is 28.6 Å². The fourth-order valence-corrected chi connectivity index (χ4v) is 2.67. The molecule has 3 rings (SSSR count). The fourth-order valence-electron chi connectivity index (χ4n) is 1.92. The molecule has 1 aromatic carbocycles. The van der Waals surface area contributed by atoms with Crippen LogP contribution in [0.25, 0.3) is 11.0 Å². The highest BCUT2D eigenvalue weighted by Crippen LogP contribution is 2.16. The van der Waals surface area contributed by atoms with Crippen LogP contribution in [0.5, 0.6) is 0 Å². The van der Waals surface area contributed by atoms with Crippen molar-refractivity contribution in [1.82, 2.24) is 19.7 Å². The summed E-state index contributed by atoms with van der Waals surface area (Å²) in [6.07, 6.45) is 1.48. The molecule has 6 nitrogen and oxygen atoms in total. The number of aromatic amines is 1. The lowest BCUT2D eigenvalue weighted by atomic mass is 10.2. The number of carbonyl (C=O) groups excluding carboxylic acids is 1. The topological polar surface area (TPSA) is 80.6 Å². The Labute approximate surface area is 124 Å². The van der Waals surface area contributed by atoms with Crippen molar-refractivity contribution in [3.63, 3.8) is 0 Å². The zero-order valence-corrected chi connectivity index (χ0v) is 12.1. The van der Waals surface area contributed by atoms with E-state index in [0.717, 1.165) is 0 Å². The zero-order chi connectivity index (χ0) is 14.8. The van der Waals surface area contributed by atoms with Crippen LogP contribution < -0.4 is 5.56 Å². The van der Waals surface area contributed by atoms with Gasteiger partial charge in [0.05, 0.1) is 11.9 Å². The Morgan fingerprint density at radius 3 is 2.86 bits per heavy atom. The monoisotopic (exact) mass is 300 g/mol. The highest BCUT2D eigenvalue weighted by atomic mass is 32.2. The molecule has 0 radical (unpaired) electrons. The summed E-state index contributed by atoms with van der Waals surface area (Å²) >= 11 is 1.21. The van der Waals surface area contributed by atoms with Crippen molar-refractivity contribution in [2.24, 2.45) is 7.05 Å². The van der Waals surface area contributed by atoms with Crippen LogP contribution in [-0.2, 0) is 7.05 Å². The first-order valence-corrected chi connectivity index (χ1v) is 7.27. The maximum Gasteiger partial charge on any atom is 0.262 e. The lowest BCUT2D eigenvalue weighted by Gasteiger charge is -2.02. The molecule has 0 saturated heterocycles. The van der Waals surface area contributed by atoms with Crippen molar-refractivity contribution < 1.29 is 4.79 Å². The number of benzene rings is 1. The molecule has 7 heteroatoms.